The average Bonchev–Trinajstić information content (AvgIpc) is 2.75. The summed E-state index contributed by atoms with van der Waals surface area (Å²) < 4.78 is 46.0. The molecule has 0 fully saturated rings. The highest BCUT2D eigenvalue weighted by Gasteiger charge is 2.17. The van der Waals surface area contributed by atoms with Gasteiger partial charge in [0, 0.05) is 18.3 Å². The molecule has 3 aromatic carbocycles. The topological polar surface area (TPSA) is 75.7 Å². The zero-order chi connectivity index (χ0) is 22.4. The van der Waals surface area contributed by atoms with Gasteiger partial charge in [0.25, 0.3) is 15.9 Å². The van der Waals surface area contributed by atoms with Crippen molar-refractivity contribution in [2.45, 2.75) is 11.8 Å². The summed E-state index contributed by atoms with van der Waals surface area (Å²) in [7, 11) is -2.20. The largest absolute Gasteiger partial charge is 0.492 e. The molecular weight excluding hydrogens is 419 g/mol. The highest BCUT2D eigenvalue weighted by Crippen LogP contribution is 2.18. The van der Waals surface area contributed by atoms with E-state index >= 15 is 0 Å². The van der Waals surface area contributed by atoms with Gasteiger partial charge >= 0.3 is 0 Å². The molecule has 0 radical (unpaired) electrons. The van der Waals surface area contributed by atoms with Crippen molar-refractivity contribution in [3.05, 3.63) is 89.7 Å². The van der Waals surface area contributed by atoms with Crippen LogP contribution in [0.15, 0.2) is 77.7 Å². The Morgan fingerprint density at radius 2 is 1.71 bits per heavy atom. The monoisotopic (exact) mass is 442 g/mol. The number of likely N-dealkylation sites (N-methyl/N-ethyl adjacent to an activating group) is 1. The van der Waals surface area contributed by atoms with Crippen LogP contribution in [0.3, 0.4) is 0 Å². The van der Waals surface area contributed by atoms with Gasteiger partial charge in [0.05, 0.1) is 11.4 Å². The molecular formula is C23H23FN2O4S. The molecule has 0 aromatic heterocycles. The SMILES string of the molecule is Cc1cccc(OCCN(C)C(=O)c2ccc(S(=O)(=O)Nc3ccc(F)cc3)cc2)c1. The zero-order valence-corrected chi connectivity index (χ0v) is 18.0. The van der Waals surface area contributed by atoms with Crippen molar-refractivity contribution in [2.24, 2.45) is 0 Å². The van der Waals surface area contributed by atoms with Crippen LogP contribution in [-0.4, -0.2) is 39.4 Å². The minimum Gasteiger partial charge on any atom is -0.492 e. The Balaban J connectivity index is 1.59. The summed E-state index contributed by atoms with van der Waals surface area (Å²) in [5.74, 6) is 0.0339. The summed E-state index contributed by atoms with van der Waals surface area (Å²) in [5, 5.41) is 0. The molecule has 0 aliphatic heterocycles. The molecule has 3 rings (SSSR count). The number of benzene rings is 3. The van der Waals surface area contributed by atoms with Crippen LogP contribution in [0.4, 0.5) is 10.1 Å². The molecule has 0 heterocycles. The Morgan fingerprint density at radius 3 is 2.35 bits per heavy atom. The maximum Gasteiger partial charge on any atom is 0.261 e. The number of nitrogens with one attached hydrogen (secondary N) is 1. The van der Waals surface area contributed by atoms with E-state index in [1.54, 1.807) is 7.05 Å². The second-order valence-electron chi connectivity index (χ2n) is 7.03. The highest BCUT2D eigenvalue weighted by molar-refractivity contribution is 7.92. The quantitative estimate of drug-likeness (QED) is 0.570. The van der Waals surface area contributed by atoms with E-state index in [2.05, 4.69) is 4.72 Å². The number of rotatable bonds is 8. The number of anilines is 1. The number of aryl methyl sites for hydroxylation is 1. The molecule has 0 saturated heterocycles. The van der Waals surface area contributed by atoms with Gasteiger partial charge in [-0.2, -0.15) is 0 Å². The third-order valence-corrected chi connectivity index (χ3v) is 5.94. The molecule has 1 amide bonds. The van der Waals surface area contributed by atoms with Gasteiger partial charge in [-0.15, -0.1) is 0 Å². The van der Waals surface area contributed by atoms with Crippen LogP contribution in [-0.2, 0) is 10.0 Å². The average molecular weight is 443 g/mol. The maximum atomic E-state index is 13.0. The lowest BCUT2D eigenvalue weighted by molar-refractivity contribution is 0.0773. The fraction of sp³-hybridized carbons (Fsp3) is 0.174. The van der Waals surface area contributed by atoms with Crippen molar-refractivity contribution in [1.82, 2.24) is 4.90 Å². The van der Waals surface area contributed by atoms with Gasteiger partial charge in [-0.05, 0) is 73.2 Å². The number of halogens is 1. The van der Waals surface area contributed by atoms with Crippen LogP contribution in [0.5, 0.6) is 5.75 Å². The van der Waals surface area contributed by atoms with Gasteiger partial charge in [-0.1, -0.05) is 12.1 Å². The predicted octanol–water partition coefficient (Wildman–Crippen LogP) is 4.09. The van der Waals surface area contributed by atoms with E-state index in [1.165, 1.54) is 41.3 Å². The lowest BCUT2D eigenvalue weighted by Crippen LogP contribution is -2.30. The summed E-state index contributed by atoms with van der Waals surface area (Å²) in [6.07, 6.45) is 0. The molecule has 0 aliphatic carbocycles. The lowest BCUT2D eigenvalue weighted by atomic mass is 10.2. The molecule has 0 unspecified atom stereocenters. The van der Waals surface area contributed by atoms with Crippen LogP contribution in [0.1, 0.15) is 15.9 Å². The van der Waals surface area contributed by atoms with E-state index in [1.807, 2.05) is 31.2 Å². The van der Waals surface area contributed by atoms with Crippen LogP contribution in [0.25, 0.3) is 0 Å². The first-order valence-corrected chi connectivity index (χ1v) is 11.1. The Morgan fingerprint density at radius 1 is 1.03 bits per heavy atom. The van der Waals surface area contributed by atoms with E-state index in [4.69, 9.17) is 4.74 Å². The Labute approximate surface area is 181 Å². The van der Waals surface area contributed by atoms with Crippen LogP contribution < -0.4 is 9.46 Å². The molecule has 8 heteroatoms. The summed E-state index contributed by atoms with van der Waals surface area (Å²) in [5.41, 5.74) is 1.69. The fourth-order valence-electron chi connectivity index (χ4n) is 2.84. The third kappa shape index (κ3) is 6.05. The number of sulfonamides is 1. The van der Waals surface area contributed by atoms with Crippen molar-refractivity contribution < 1.29 is 22.3 Å². The van der Waals surface area contributed by atoms with E-state index in [-0.39, 0.29) is 16.5 Å². The van der Waals surface area contributed by atoms with Gasteiger partial charge in [-0.3, -0.25) is 9.52 Å². The normalized spacial score (nSPS) is 11.1. The molecule has 31 heavy (non-hydrogen) atoms. The zero-order valence-electron chi connectivity index (χ0n) is 17.2. The van der Waals surface area contributed by atoms with E-state index in [0.29, 0.717) is 18.7 Å². The molecule has 0 spiro atoms. The Kier molecular flexibility index (Phi) is 6.91. The minimum absolute atomic E-state index is 0.00110. The maximum absolute atomic E-state index is 13.0. The van der Waals surface area contributed by atoms with Crippen molar-refractivity contribution >= 4 is 21.6 Å². The number of hydrogen-bond acceptors (Lipinski definition) is 4. The van der Waals surface area contributed by atoms with Crippen molar-refractivity contribution in [3.8, 4) is 5.75 Å². The van der Waals surface area contributed by atoms with Gasteiger partial charge in [0.15, 0.2) is 0 Å². The standard InChI is InChI=1S/C23H23FN2O4S/c1-17-4-3-5-21(16-17)30-15-14-26(2)23(27)18-6-12-22(13-7-18)31(28,29)25-20-10-8-19(24)9-11-20/h3-13,16,25H,14-15H2,1-2H3. The van der Waals surface area contributed by atoms with Gasteiger partial charge in [0.1, 0.15) is 18.2 Å². The van der Waals surface area contributed by atoms with E-state index < -0.39 is 15.8 Å². The number of amides is 1. The van der Waals surface area contributed by atoms with Crippen molar-refractivity contribution in [3.63, 3.8) is 0 Å². The first-order chi connectivity index (χ1) is 14.7. The summed E-state index contributed by atoms with van der Waals surface area (Å²) in [4.78, 5) is 14.1. The van der Waals surface area contributed by atoms with Crippen LogP contribution in [0, 0.1) is 12.7 Å². The summed E-state index contributed by atoms with van der Waals surface area (Å²) >= 11 is 0. The van der Waals surface area contributed by atoms with Crippen LogP contribution in [0.2, 0.25) is 0 Å². The van der Waals surface area contributed by atoms with Crippen molar-refractivity contribution in [2.75, 3.05) is 24.9 Å². The number of ether oxygens (including phenoxy) is 1. The number of hydrogen-bond donors (Lipinski definition) is 1. The second kappa shape index (κ2) is 9.61. The second-order valence-corrected chi connectivity index (χ2v) is 8.71. The molecule has 1 N–H and O–H groups in total. The molecule has 162 valence electrons. The molecule has 0 saturated carbocycles. The number of nitrogens with zero attached hydrogens (tertiary/aromatic N) is 1. The third-order valence-electron chi connectivity index (χ3n) is 4.54. The van der Waals surface area contributed by atoms with Crippen molar-refractivity contribution in [1.29, 1.82) is 0 Å². The highest BCUT2D eigenvalue weighted by atomic mass is 32.2. The minimum atomic E-state index is -3.85. The molecule has 0 aliphatic rings. The smallest absolute Gasteiger partial charge is 0.261 e. The molecule has 3 aromatic rings. The molecule has 0 bridgehead atoms. The van der Waals surface area contributed by atoms with E-state index in [0.717, 1.165) is 23.4 Å². The Hall–Kier alpha value is -3.39. The van der Waals surface area contributed by atoms with E-state index in [9.17, 15) is 17.6 Å². The lowest BCUT2D eigenvalue weighted by Gasteiger charge is -2.18. The first-order valence-electron chi connectivity index (χ1n) is 9.58. The number of carbonyl (C=O) groups is 1. The summed E-state index contributed by atoms with van der Waals surface area (Å²) in [6.45, 7) is 2.68. The molecule has 6 nitrogen and oxygen atoms in total. The summed E-state index contributed by atoms with van der Waals surface area (Å²) in [6, 6.07) is 18.3. The fourth-order valence-corrected chi connectivity index (χ4v) is 3.89. The number of carbonyl (C=O) groups excluding carboxylic acids is 1. The first kappa shape index (κ1) is 22.3. The van der Waals surface area contributed by atoms with Crippen LogP contribution >= 0.6 is 0 Å². The van der Waals surface area contributed by atoms with Gasteiger partial charge in [-0.25, -0.2) is 12.8 Å². The predicted molar refractivity (Wildman–Crippen MR) is 117 cm³/mol. The van der Waals surface area contributed by atoms with Gasteiger partial charge < -0.3 is 9.64 Å². The Bertz CT molecular complexity index is 1150. The molecule has 0 atom stereocenters. The van der Waals surface area contributed by atoms with Gasteiger partial charge in [0.2, 0.25) is 0 Å².